The van der Waals surface area contributed by atoms with Crippen LogP contribution in [0.4, 0.5) is 10.2 Å². The highest BCUT2D eigenvalue weighted by atomic mass is 79.9. The summed E-state index contributed by atoms with van der Waals surface area (Å²) in [6, 6.07) is 7.61. The molecule has 2 heterocycles. The van der Waals surface area contributed by atoms with E-state index in [1.165, 1.54) is 18.2 Å². The zero-order valence-electron chi connectivity index (χ0n) is 12.7. The quantitative estimate of drug-likeness (QED) is 0.697. The van der Waals surface area contributed by atoms with Crippen LogP contribution < -0.4 is 4.90 Å². The maximum atomic E-state index is 13.1. The lowest BCUT2D eigenvalue weighted by Crippen LogP contribution is -2.38. The third-order valence-corrected chi connectivity index (χ3v) is 4.78. The molecule has 1 aromatic carbocycles. The van der Waals surface area contributed by atoms with Crippen LogP contribution in [-0.4, -0.2) is 30.1 Å². The number of piperidine rings is 1. The summed E-state index contributed by atoms with van der Waals surface area (Å²) in [5.41, 5.74) is 0.332. The maximum absolute atomic E-state index is 13.1. The van der Waals surface area contributed by atoms with Crippen molar-refractivity contribution in [2.75, 3.05) is 18.0 Å². The van der Waals surface area contributed by atoms with Gasteiger partial charge in [0, 0.05) is 36.6 Å². The van der Waals surface area contributed by atoms with Gasteiger partial charge in [0.25, 0.3) is 0 Å². The summed E-state index contributed by atoms with van der Waals surface area (Å²) in [7, 11) is 0. The van der Waals surface area contributed by atoms with E-state index in [0.717, 1.165) is 31.7 Å². The third-order valence-electron chi connectivity index (χ3n) is 3.90. The number of carbonyl (C=O) groups is 1. The minimum absolute atomic E-state index is 0.155. The molecule has 7 heteroatoms. The average Bonchev–Trinajstić information content (AvgIpc) is 2.56. The van der Waals surface area contributed by atoms with Crippen LogP contribution in [0, 0.1) is 5.82 Å². The molecule has 0 radical (unpaired) electrons. The van der Waals surface area contributed by atoms with Crippen molar-refractivity contribution in [3.8, 4) is 0 Å². The number of benzene rings is 1. The van der Waals surface area contributed by atoms with Crippen LogP contribution in [0.1, 0.15) is 23.2 Å². The maximum Gasteiger partial charge on any atom is 0.339 e. The first kappa shape index (κ1) is 17.2. The standard InChI is InChI=1S/C17H15BrClFN2O2/c18-15-9-12(20)2-3-14(15)17(23)24-13-5-7-22(8-6-13)16-4-1-11(19)10-21-16/h1-4,9-10,13H,5-8H2. The molecular formula is C17H15BrClFN2O2. The Balaban J connectivity index is 1.57. The van der Waals surface area contributed by atoms with E-state index in [-0.39, 0.29) is 6.10 Å². The van der Waals surface area contributed by atoms with Gasteiger partial charge in [-0.15, -0.1) is 0 Å². The van der Waals surface area contributed by atoms with E-state index in [4.69, 9.17) is 16.3 Å². The first-order chi connectivity index (χ1) is 11.5. The van der Waals surface area contributed by atoms with Crippen LogP contribution >= 0.6 is 27.5 Å². The molecule has 3 rings (SSSR count). The highest BCUT2D eigenvalue weighted by Gasteiger charge is 2.24. The fourth-order valence-electron chi connectivity index (χ4n) is 2.63. The number of anilines is 1. The number of hydrogen-bond acceptors (Lipinski definition) is 4. The van der Waals surface area contributed by atoms with Gasteiger partial charge in [-0.25, -0.2) is 14.2 Å². The van der Waals surface area contributed by atoms with Crippen molar-refractivity contribution in [2.45, 2.75) is 18.9 Å². The molecule has 0 aliphatic carbocycles. The zero-order chi connectivity index (χ0) is 17.1. The Bertz CT molecular complexity index is 734. The average molecular weight is 414 g/mol. The lowest BCUT2D eigenvalue weighted by molar-refractivity contribution is 0.0243. The van der Waals surface area contributed by atoms with Gasteiger partial charge in [-0.05, 0) is 46.3 Å². The Morgan fingerprint density at radius 2 is 2.04 bits per heavy atom. The Morgan fingerprint density at radius 3 is 2.67 bits per heavy atom. The number of rotatable bonds is 3. The van der Waals surface area contributed by atoms with Crippen molar-refractivity contribution in [3.05, 3.63) is 57.4 Å². The van der Waals surface area contributed by atoms with Crippen LogP contribution in [-0.2, 0) is 4.74 Å². The number of esters is 1. The molecule has 2 aromatic rings. The summed E-state index contributed by atoms with van der Waals surface area (Å²) in [5.74, 6) is 0.0256. The van der Waals surface area contributed by atoms with Crippen molar-refractivity contribution in [1.29, 1.82) is 0 Å². The summed E-state index contributed by atoms with van der Waals surface area (Å²) >= 11 is 9.04. The monoisotopic (exact) mass is 412 g/mol. The van der Waals surface area contributed by atoms with Crippen LogP contribution in [0.2, 0.25) is 5.02 Å². The SMILES string of the molecule is O=C(OC1CCN(c2ccc(Cl)cn2)CC1)c1ccc(F)cc1Br. The molecular weight excluding hydrogens is 399 g/mol. The van der Waals surface area contributed by atoms with Crippen LogP contribution in [0.25, 0.3) is 0 Å². The zero-order valence-corrected chi connectivity index (χ0v) is 15.1. The number of hydrogen-bond donors (Lipinski definition) is 0. The molecule has 1 aliphatic rings. The van der Waals surface area contributed by atoms with Crippen molar-refractivity contribution in [3.63, 3.8) is 0 Å². The van der Waals surface area contributed by atoms with Gasteiger partial charge in [0.05, 0.1) is 10.6 Å². The van der Waals surface area contributed by atoms with Crippen LogP contribution in [0.5, 0.6) is 0 Å². The van der Waals surface area contributed by atoms with Gasteiger partial charge in [0.1, 0.15) is 17.7 Å². The smallest absolute Gasteiger partial charge is 0.339 e. The van der Waals surface area contributed by atoms with E-state index < -0.39 is 11.8 Å². The van der Waals surface area contributed by atoms with Gasteiger partial charge in [-0.3, -0.25) is 0 Å². The van der Waals surface area contributed by atoms with Crippen LogP contribution in [0.3, 0.4) is 0 Å². The second kappa shape index (κ2) is 7.49. The Morgan fingerprint density at radius 1 is 1.29 bits per heavy atom. The minimum Gasteiger partial charge on any atom is -0.459 e. The lowest BCUT2D eigenvalue weighted by atomic mass is 10.1. The molecule has 1 fully saturated rings. The molecule has 0 saturated carbocycles. The van der Waals surface area contributed by atoms with Gasteiger partial charge in [0.2, 0.25) is 0 Å². The molecule has 0 atom stereocenters. The molecule has 4 nitrogen and oxygen atoms in total. The molecule has 1 aliphatic heterocycles. The molecule has 24 heavy (non-hydrogen) atoms. The Kier molecular flexibility index (Phi) is 5.36. The normalized spacial score (nSPS) is 15.4. The molecule has 1 aromatic heterocycles. The Labute approximate surface area is 152 Å². The largest absolute Gasteiger partial charge is 0.459 e. The summed E-state index contributed by atoms with van der Waals surface area (Å²) in [4.78, 5) is 18.7. The molecule has 1 saturated heterocycles. The van der Waals surface area contributed by atoms with Gasteiger partial charge in [-0.1, -0.05) is 11.6 Å². The summed E-state index contributed by atoms with van der Waals surface area (Å²) in [5, 5.41) is 0.604. The molecule has 0 bridgehead atoms. The number of nitrogens with zero attached hydrogens (tertiary/aromatic N) is 2. The van der Waals surface area contributed by atoms with Gasteiger partial charge in [0.15, 0.2) is 0 Å². The number of carbonyl (C=O) groups excluding carboxylic acids is 1. The van der Waals surface area contributed by atoms with Crippen molar-refractivity contribution in [1.82, 2.24) is 4.98 Å². The second-order valence-electron chi connectivity index (χ2n) is 5.55. The van der Waals surface area contributed by atoms with Gasteiger partial charge >= 0.3 is 5.97 Å². The van der Waals surface area contributed by atoms with Crippen LogP contribution in [0.15, 0.2) is 41.0 Å². The first-order valence-corrected chi connectivity index (χ1v) is 8.72. The topological polar surface area (TPSA) is 42.4 Å². The van der Waals surface area contributed by atoms with E-state index in [0.29, 0.717) is 15.1 Å². The fourth-order valence-corrected chi connectivity index (χ4v) is 3.25. The van der Waals surface area contributed by atoms with E-state index in [9.17, 15) is 9.18 Å². The summed E-state index contributed by atoms with van der Waals surface area (Å²) in [6.45, 7) is 1.49. The number of pyridine rings is 1. The Hall–Kier alpha value is -1.66. The molecule has 0 unspecified atom stereocenters. The number of halogens is 3. The highest BCUT2D eigenvalue weighted by Crippen LogP contribution is 2.24. The summed E-state index contributed by atoms with van der Waals surface area (Å²) in [6.07, 6.45) is 2.90. The molecule has 126 valence electrons. The van der Waals surface area contributed by atoms with Gasteiger partial charge < -0.3 is 9.64 Å². The molecule has 0 amide bonds. The highest BCUT2D eigenvalue weighted by molar-refractivity contribution is 9.10. The third kappa shape index (κ3) is 4.05. The predicted octanol–water partition coefficient (Wildman–Crippen LogP) is 4.46. The number of aromatic nitrogens is 1. The first-order valence-electron chi connectivity index (χ1n) is 7.55. The predicted molar refractivity (Wildman–Crippen MR) is 94.0 cm³/mol. The second-order valence-corrected chi connectivity index (χ2v) is 6.84. The number of ether oxygens (including phenoxy) is 1. The summed E-state index contributed by atoms with van der Waals surface area (Å²) < 4.78 is 19.0. The van der Waals surface area contributed by atoms with E-state index in [2.05, 4.69) is 25.8 Å². The van der Waals surface area contributed by atoms with Gasteiger partial charge in [-0.2, -0.15) is 0 Å². The molecule has 0 N–H and O–H groups in total. The minimum atomic E-state index is -0.440. The van der Waals surface area contributed by atoms with Crippen molar-refractivity contribution < 1.29 is 13.9 Å². The van der Waals surface area contributed by atoms with E-state index >= 15 is 0 Å². The lowest BCUT2D eigenvalue weighted by Gasteiger charge is -2.32. The fraction of sp³-hybridized carbons (Fsp3) is 0.294. The van der Waals surface area contributed by atoms with Crippen molar-refractivity contribution in [2.24, 2.45) is 0 Å². The van der Waals surface area contributed by atoms with Crippen molar-refractivity contribution >= 4 is 39.3 Å². The van der Waals surface area contributed by atoms with E-state index in [1.807, 2.05) is 12.1 Å². The molecule has 0 spiro atoms. The van der Waals surface area contributed by atoms with E-state index in [1.54, 1.807) is 6.20 Å².